The van der Waals surface area contributed by atoms with Gasteiger partial charge in [0, 0.05) is 0 Å². The summed E-state index contributed by atoms with van der Waals surface area (Å²) < 4.78 is 10.8. The number of nitrogens with two attached hydrogens (primary N) is 1. The lowest BCUT2D eigenvalue weighted by Gasteiger charge is -2.09. The number of carbonyl (C=O) groups excluding carboxylic acids is 2. The summed E-state index contributed by atoms with van der Waals surface area (Å²) in [5, 5.41) is 9.03. The maximum absolute atomic E-state index is 11.9. The minimum atomic E-state index is -0.771. The second kappa shape index (κ2) is 7.30. The molecule has 2 amide bonds. The van der Waals surface area contributed by atoms with Crippen molar-refractivity contribution in [3.8, 4) is 11.5 Å². The molecule has 2 aromatic rings. The van der Waals surface area contributed by atoms with Gasteiger partial charge in [-0.2, -0.15) is 5.10 Å². The number of aromatic nitrogens is 2. The van der Waals surface area contributed by atoms with Gasteiger partial charge in [0.05, 0.1) is 12.8 Å². The average Bonchev–Trinajstić information content (AvgIpc) is 3.02. The first kappa shape index (κ1) is 16.3. The zero-order chi connectivity index (χ0) is 16.8. The zero-order valence-corrected chi connectivity index (χ0v) is 12.8. The largest absolute Gasteiger partial charge is 0.493 e. The van der Waals surface area contributed by atoms with Gasteiger partial charge in [-0.05, 0) is 25.1 Å². The SMILES string of the molecule is COc1ccccc1OCc1cc(C(=O)N[C@@H](C)C(N)=O)n[nH]1. The minimum Gasteiger partial charge on any atom is -0.493 e. The van der Waals surface area contributed by atoms with Crippen LogP contribution in [0.3, 0.4) is 0 Å². The molecular formula is C15H18N4O4. The Balaban J connectivity index is 1.97. The molecule has 8 nitrogen and oxygen atoms in total. The van der Waals surface area contributed by atoms with Crippen LogP contribution in [0.1, 0.15) is 23.1 Å². The fourth-order valence-corrected chi connectivity index (χ4v) is 1.79. The number of carbonyl (C=O) groups is 2. The number of methoxy groups -OCH3 is 1. The van der Waals surface area contributed by atoms with E-state index in [0.717, 1.165) is 0 Å². The fourth-order valence-electron chi connectivity index (χ4n) is 1.79. The number of primary amides is 1. The molecule has 1 aromatic carbocycles. The van der Waals surface area contributed by atoms with Crippen LogP contribution in [-0.2, 0) is 11.4 Å². The van der Waals surface area contributed by atoms with Crippen molar-refractivity contribution < 1.29 is 19.1 Å². The van der Waals surface area contributed by atoms with Crippen molar-refractivity contribution >= 4 is 11.8 Å². The molecule has 8 heteroatoms. The first-order valence-electron chi connectivity index (χ1n) is 6.91. The lowest BCUT2D eigenvalue weighted by Crippen LogP contribution is -2.42. The smallest absolute Gasteiger partial charge is 0.272 e. The molecule has 1 aromatic heterocycles. The van der Waals surface area contributed by atoms with E-state index in [1.54, 1.807) is 25.3 Å². The molecule has 23 heavy (non-hydrogen) atoms. The summed E-state index contributed by atoms with van der Waals surface area (Å²) >= 11 is 0. The molecule has 0 saturated carbocycles. The summed E-state index contributed by atoms with van der Waals surface area (Å²) in [4.78, 5) is 22.8. The number of nitrogens with one attached hydrogen (secondary N) is 2. The first-order valence-corrected chi connectivity index (χ1v) is 6.91. The Labute approximate surface area is 133 Å². The van der Waals surface area contributed by atoms with E-state index in [2.05, 4.69) is 15.5 Å². The Kier molecular flexibility index (Phi) is 5.19. The van der Waals surface area contributed by atoms with E-state index >= 15 is 0 Å². The number of benzene rings is 1. The third-order valence-electron chi connectivity index (χ3n) is 3.09. The number of hydrogen-bond acceptors (Lipinski definition) is 5. The average molecular weight is 318 g/mol. The van der Waals surface area contributed by atoms with Crippen LogP contribution in [0.5, 0.6) is 11.5 Å². The van der Waals surface area contributed by atoms with Gasteiger partial charge in [0.15, 0.2) is 11.5 Å². The highest BCUT2D eigenvalue weighted by Crippen LogP contribution is 2.26. The van der Waals surface area contributed by atoms with Crippen LogP contribution in [0, 0.1) is 0 Å². The maximum Gasteiger partial charge on any atom is 0.272 e. The Morgan fingerprint density at radius 3 is 2.70 bits per heavy atom. The number of rotatable bonds is 7. The molecule has 1 heterocycles. The number of nitrogens with zero attached hydrogens (tertiary/aromatic N) is 1. The molecule has 0 aliphatic rings. The van der Waals surface area contributed by atoms with Crippen LogP contribution in [0.25, 0.3) is 0 Å². The number of hydrogen-bond donors (Lipinski definition) is 3. The molecule has 0 unspecified atom stereocenters. The predicted octanol–water partition coefficient (Wildman–Crippen LogP) is 0.601. The zero-order valence-electron chi connectivity index (χ0n) is 12.8. The Morgan fingerprint density at radius 1 is 1.35 bits per heavy atom. The van der Waals surface area contributed by atoms with Gasteiger partial charge < -0.3 is 20.5 Å². The summed E-state index contributed by atoms with van der Waals surface area (Å²) in [6, 6.07) is 7.99. The van der Waals surface area contributed by atoms with Gasteiger partial charge in [-0.15, -0.1) is 0 Å². The number of para-hydroxylation sites is 2. The third kappa shape index (κ3) is 4.22. The second-order valence-electron chi connectivity index (χ2n) is 4.82. The van der Waals surface area contributed by atoms with Gasteiger partial charge in [0.25, 0.3) is 5.91 Å². The number of H-pyrrole nitrogens is 1. The van der Waals surface area contributed by atoms with Crippen LogP contribution in [0.2, 0.25) is 0 Å². The van der Waals surface area contributed by atoms with E-state index in [-0.39, 0.29) is 12.3 Å². The molecule has 1 atom stereocenters. The van der Waals surface area contributed by atoms with Crippen LogP contribution in [0.4, 0.5) is 0 Å². The van der Waals surface area contributed by atoms with Gasteiger partial charge in [0.2, 0.25) is 5.91 Å². The summed E-state index contributed by atoms with van der Waals surface area (Å²) in [6.45, 7) is 1.69. The Hall–Kier alpha value is -3.03. The van der Waals surface area contributed by atoms with Crippen molar-refractivity contribution in [1.82, 2.24) is 15.5 Å². The molecule has 0 saturated heterocycles. The molecule has 0 radical (unpaired) electrons. The fraction of sp³-hybridized carbons (Fsp3) is 0.267. The topological polar surface area (TPSA) is 119 Å². The van der Waals surface area contributed by atoms with Crippen molar-refractivity contribution in [2.24, 2.45) is 5.73 Å². The van der Waals surface area contributed by atoms with E-state index < -0.39 is 17.9 Å². The highest BCUT2D eigenvalue weighted by molar-refractivity contribution is 5.95. The molecule has 0 aliphatic heterocycles. The molecule has 0 bridgehead atoms. The third-order valence-corrected chi connectivity index (χ3v) is 3.09. The van der Waals surface area contributed by atoms with Gasteiger partial charge in [0.1, 0.15) is 18.3 Å². The lowest BCUT2D eigenvalue weighted by molar-refractivity contribution is -0.119. The van der Waals surface area contributed by atoms with Crippen LogP contribution < -0.4 is 20.5 Å². The number of amides is 2. The Bertz CT molecular complexity index is 698. The van der Waals surface area contributed by atoms with Crippen LogP contribution >= 0.6 is 0 Å². The first-order chi connectivity index (χ1) is 11.0. The highest BCUT2D eigenvalue weighted by Gasteiger charge is 2.16. The normalized spacial score (nSPS) is 11.6. The van der Waals surface area contributed by atoms with E-state index in [9.17, 15) is 9.59 Å². The summed E-state index contributed by atoms with van der Waals surface area (Å²) in [7, 11) is 1.56. The standard InChI is InChI=1S/C15H18N4O4/c1-9(14(16)20)17-15(21)11-7-10(18-19-11)8-23-13-6-4-3-5-12(13)22-2/h3-7,9H,8H2,1-2H3,(H2,16,20)(H,17,21)(H,18,19)/t9-/m0/s1. The summed E-state index contributed by atoms with van der Waals surface area (Å²) in [6.07, 6.45) is 0. The van der Waals surface area contributed by atoms with Crippen LogP contribution in [-0.4, -0.2) is 35.2 Å². The quantitative estimate of drug-likeness (QED) is 0.690. The second-order valence-corrected chi connectivity index (χ2v) is 4.82. The predicted molar refractivity (Wildman–Crippen MR) is 82.0 cm³/mol. The molecule has 0 spiro atoms. The molecule has 2 rings (SSSR count). The van der Waals surface area contributed by atoms with Crippen molar-refractivity contribution in [1.29, 1.82) is 0 Å². The molecule has 4 N–H and O–H groups in total. The van der Waals surface area contributed by atoms with Gasteiger partial charge in [-0.25, -0.2) is 0 Å². The summed E-state index contributed by atoms with van der Waals surface area (Å²) in [5.74, 6) is 0.0860. The van der Waals surface area contributed by atoms with E-state index in [1.165, 1.54) is 6.92 Å². The highest BCUT2D eigenvalue weighted by atomic mass is 16.5. The van der Waals surface area contributed by atoms with Crippen LogP contribution in [0.15, 0.2) is 30.3 Å². The van der Waals surface area contributed by atoms with E-state index in [1.807, 2.05) is 12.1 Å². The lowest BCUT2D eigenvalue weighted by atomic mass is 10.3. The number of aromatic amines is 1. The molecular weight excluding hydrogens is 300 g/mol. The van der Waals surface area contributed by atoms with Crippen molar-refractivity contribution in [3.63, 3.8) is 0 Å². The van der Waals surface area contributed by atoms with E-state index in [4.69, 9.17) is 15.2 Å². The van der Waals surface area contributed by atoms with Gasteiger partial charge in [-0.1, -0.05) is 12.1 Å². The maximum atomic E-state index is 11.9. The summed E-state index contributed by atoms with van der Waals surface area (Å²) in [5.41, 5.74) is 5.85. The van der Waals surface area contributed by atoms with Crippen molar-refractivity contribution in [3.05, 3.63) is 41.7 Å². The van der Waals surface area contributed by atoms with E-state index in [0.29, 0.717) is 17.2 Å². The molecule has 0 aliphatic carbocycles. The Morgan fingerprint density at radius 2 is 2.04 bits per heavy atom. The van der Waals surface area contributed by atoms with Crippen molar-refractivity contribution in [2.75, 3.05) is 7.11 Å². The van der Waals surface area contributed by atoms with Crippen molar-refractivity contribution in [2.45, 2.75) is 19.6 Å². The molecule has 122 valence electrons. The molecule has 0 fully saturated rings. The van der Waals surface area contributed by atoms with Gasteiger partial charge in [-0.3, -0.25) is 14.7 Å². The monoisotopic (exact) mass is 318 g/mol. The number of ether oxygens (including phenoxy) is 2. The minimum absolute atomic E-state index is 0.150. The van der Waals surface area contributed by atoms with Gasteiger partial charge >= 0.3 is 0 Å².